The molecule has 0 aromatic heterocycles. The van der Waals surface area contributed by atoms with Crippen molar-refractivity contribution < 1.29 is 27.8 Å². The quantitative estimate of drug-likeness (QED) is 0.721. The van der Waals surface area contributed by atoms with E-state index in [4.69, 9.17) is 5.11 Å². The number of alkyl halides is 3. The summed E-state index contributed by atoms with van der Waals surface area (Å²) in [7, 11) is 0. The zero-order chi connectivity index (χ0) is 11.4. The van der Waals surface area contributed by atoms with Gasteiger partial charge in [-0.1, -0.05) is 13.8 Å². The maximum absolute atomic E-state index is 11.6. The Balaban J connectivity index is 3.78. The Labute approximate surface area is 79.9 Å². The second-order valence-corrected chi connectivity index (χ2v) is 3.38. The van der Waals surface area contributed by atoms with Crippen LogP contribution in [0.3, 0.4) is 0 Å². The molecule has 6 heteroatoms. The summed E-state index contributed by atoms with van der Waals surface area (Å²) >= 11 is 0. The second kappa shape index (κ2) is 5.19. The van der Waals surface area contributed by atoms with Gasteiger partial charge in [-0.05, 0) is 12.3 Å². The Hall–Kier alpha value is -0.780. The third kappa shape index (κ3) is 5.80. The van der Waals surface area contributed by atoms with E-state index in [2.05, 4.69) is 4.74 Å². The molecule has 0 fully saturated rings. The van der Waals surface area contributed by atoms with Crippen LogP contribution in [0, 0.1) is 5.92 Å². The van der Waals surface area contributed by atoms with Crippen molar-refractivity contribution in [2.75, 3.05) is 6.61 Å². The van der Waals surface area contributed by atoms with Crippen molar-refractivity contribution >= 4 is 5.97 Å². The first-order valence-corrected chi connectivity index (χ1v) is 4.15. The van der Waals surface area contributed by atoms with E-state index >= 15 is 0 Å². The molecule has 1 unspecified atom stereocenters. The second-order valence-electron chi connectivity index (χ2n) is 3.38. The van der Waals surface area contributed by atoms with Gasteiger partial charge in [0.2, 0.25) is 0 Å². The molecule has 0 aliphatic heterocycles. The number of carbonyl (C=O) groups is 1. The Bertz CT molecular complexity index is 189. The third-order valence-electron chi connectivity index (χ3n) is 1.38. The average molecular weight is 214 g/mol. The maximum Gasteiger partial charge on any atom is 0.490 e. The highest BCUT2D eigenvalue weighted by atomic mass is 19.4. The smallest absolute Gasteiger partial charge is 0.456 e. The van der Waals surface area contributed by atoms with Crippen LogP contribution in [0.4, 0.5) is 13.2 Å². The first kappa shape index (κ1) is 13.2. The minimum atomic E-state index is -4.99. The number of aliphatic hydroxyl groups excluding tert-OH is 1. The highest BCUT2D eigenvalue weighted by molar-refractivity contribution is 5.75. The van der Waals surface area contributed by atoms with Crippen LogP contribution in [0.5, 0.6) is 0 Å². The molecule has 0 aliphatic carbocycles. The number of rotatable bonds is 4. The molecule has 0 aliphatic rings. The number of ether oxygens (including phenoxy) is 1. The van der Waals surface area contributed by atoms with Crippen molar-refractivity contribution in [3.63, 3.8) is 0 Å². The zero-order valence-corrected chi connectivity index (χ0v) is 7.97. The zero-order valence-electron chi connectivity index (χ0n) is 7.97. The summed E-state index contributed by atoms with van der Waals surface area (Å²) in [6, 6.07) is 0. The Kier molecular flexibility index (Phi) is 4.90. The standard InChI is InChI=1S/C8H13F3O3/c1-5(2)3-6(12)4-14-7(13)8(9,10)11/h5-6,12H,3-4H2,1-2H3. The predicted octanol–water partition coefficient (Wildman–Crippen LogP) is 1.50. The maximum atomic E-state index is 11.6. The molecule has 0 aromatic rings. The number of hydrogen-bond acceptors (Lipinski definition) is 3. The Morgan fingerprint density at radius 2 is 1.93 bits per heavy atom. The van der Waals surface area contributed by atoms with E-state index in [-0.39, 0.29) is 5.92 Å². The van der Waals surface area contributed by atoms with Gasteiger partial charge in [0.05, 0.1) is 6.10 Å². The summed E-state index contributed by atoms with van der Waals surface area (Å²) in [4.78, 5) is 10.2. The molecule has 14 heavy (non-hydrogen) atoms. The van der Waals surface area contributed by atoms with Gasteiger partial charge < -0.3 is 9.84 Å². The van der Waals surface area contributed by atoms with Crippen molar-refractivity contribution in [1.29, 1.82) is 0 Å². The molecule has 0 rings (SSSR count). The summed E-state index contributed by atoms with van der Waals surface area (Å²) in [6.07, 6.45) is -5.73. The highest BCUT2D eigenvalue weighted by Gasteiger charge is 2.41. The van der Waals surface area contributed by atoms with E-state index in [0.717, 1.165) is 0 Å². The van der Waals surface area contributed by atoms with E-state index in [1.807, 2.05) is 0 Å². The Morgan fingerprint density at radius 3 is 2.29 bits per heavy atom. The van der Waals surface area contributed by atoms with Crippen LogP contribution in [0.1, 0.15) is 20.3 Å². The lowest BCUT2D eigenvalue weighted by Crippen LogP contribution is -2.29. The van der Waals surface area contributed by atoms with Crippen LogP contribution in [-0.4, -0.2) is 30.0 Å². The summed E-state index contributed by atoms with van der Waals surface area (Å²) in [5.41, 5.74) is 0. The number of esters is 1. The van der Waals surface area contributed by atoms with Gasteiger partial charge in [-0.25, -0.2) is 4.79 Å². The van der Waals surface area contributed by atoms with Crippen LogP contribution in [0.2, 0.25) is 0 Å². The fourth-order valence-corrected chi connectivity index (χ4v) is 0.866. The third-order valence-corrected chi connectivity index (χ3v) is 1.38. The number of carbonyl (C=O) groups excluding carboxylic acids is 1. The normalized spacial score (nSPS) is 14.2. The molecular formula is C8H13F3O3. The van der Waals surface area contributed by atoms with Gasteiger partial charge in [-0.2, -0.15) is 13.2 Å². The molecule has 1 N–H and O–H groups in total. The number of halogens is 3. The van der Waals surface area contributed by atoms with Crippen molar-refractivity contribution in [2.24, 2.45) is 5.92 Å². The SMILES string of the molecule is CC(C)CC(O)COC(=O)C(F)(F)F. The number of hydrogen-bond donors (Lipinski definition) is 1. The first-order valence-electron chi connectivity index (χ1n) is 4.15. The van der Waals surface area contributed by atoms with Gasteiger partial charge in [0.1, 0.15) is 6.61 Å². The summed E-state index contributed by atoms with van der Waals surface area (Å²) in [5, 5.41) is 9.09. The van der Waals surface area contributed by atoms with Crippen molar-refractivity contribution in [2.45, 2.75) is 32.5 Å². The minimum Gasteiger partial charge on any atom is -0.456 e. The van der Waals surface area contributed by atoms with Crippen LogP contribution in [0.25, 0.3) is 0 Å². The topological polar surface area (TPSA) is 46.5 Å². The molecule has 1 atom stereocenters. The van der Waals surface area contributed by atoms with Crippen LogP contribution in [-0.2, 0) is 9.53 Å². The summed E-state index contributed by atoms with van der Waals surface area (Å²) in [5.74, 6) is -2.13. The van der Waals surface area contributed by atoms with Gasteiger partial charge in [0.15, 0.2) is 0 Å². The van der Waals surface area contributed by atoms with Crippen molar-refractivity contribution in [3.8, 4) is 0 Å². The van der Waals surface area contributed by atoms with Crippen LogP contribution >= 0.6 is 0 Å². The monoisotopic (exact) mass is 214 g/mol. The van der Waals surface area contributed by atoms with Crippen molar-refractivity contribution in [1.82, 2.24) is 0 Å². The van der Waals surface area contributed by atoms with Crippen LogP contribution < -0.4 is 0 Å². The molecule has 0 amide bonds. The average Bonchev–Trinajstić information content (AvgIpc) is 1.96. The van der Waals surface area contributed by atoms with Gasteiger partial charge in [-0.15, -0.1) is 0 Å². The number of aliphatic hydroxyl groups is 1. The van der Waals surface area contributed by atoms with E-state index < -0.39 is 24.9 Å². The van der Waals surface area contributed by atoms with E-state index in [1.165, 1.54) is 0 Å². The first-order chi connectivity index (χ1) is 6.23. The van der Waals surface area contributed by atoms with Crippen LogP contribution in [0.15, 0.2) is 0 Å². The summed E-state index contributed by atoms with van der Waals surface area (Å²) < 4.78 is 38.7. The molecule has 0 heterocycles. The van der Waals surface area contributed by atoms with Gasteiger partial charge in [-0.3, -0.25) is 0 Å². The molecule has 0 saturated carbocycles. The lowest BCUT2D eigenvalue weighted by molar-refractivity contribution is -0.202. The summed E-state index contributed by atoms with van der Waals surface area (Å²) in [6.45, 7) is 2.99. The highest BCUT2D eigenvalue weighted by Crippen LogP contribution is 2.16. The molecule has 0 bridgehead atoms. The molecule has 0 aromatic carbocycles. The van der Waals surface area contributed by atoms with Gasteiger partial charge >= 0.3 is 12.1 Å². The minimum absolute atomic E-state index is 0.134. The van der Waals surface area contributed by atoms with E-state index in [1.54, 1.807) is 13.8 Å². The molecule has 3 nitrogen and oxygen atoms in total. The molecular weight excluding hydrogens is 201 g/mol. The predicted molar refractivity (Wildman–Crippen MR) is 42.5 cm³/mol. The molecule has 84 valence electrons. The fraction of sp³-hybridized carbons (Fsp3) is 0.875. The van der Waals surface area contributed by atoms with Gasteiger partial charge in [0.25, 0.3) is 0 Å². The Morgan fingerprint density at radius 1 is 1.43 bits per heavy atom. The van der Waals surface area contributed by atoms with E-state index in [9.17, 15) is 18.0 Å². The van der Waals surface area contributed by atoms with Crippen molar-refractivity contribution in [3.05, 3.63) is 0 Å². The largest absolute Gasteiger partial charge is 0.490 e. The lowest BCUT2D eigenvalue weighted by Gasteiger charge is -2.13. The molecule has 0 spiro atoms. The fourth-order valence-electron chi connectivity index (χ4n) is 0.866. The van der Waals surface area contributed by atoms with Gasteiger partial charge in [0, 0.05) is 0 Å². The molecule has 0 radical (unpaired) electrons. The van der Waals surface area contributed by atoms with E-state index in [0.29, 0.717) is 6.42 Å². The lowest BCUT2D eigenvalue weighted by atomic mass is 10.1. The molecule has 0 saturated heterocycles.